The molecule has 2 aromatic heterocycles. The van der Waals surface area contributed by atoms with Crippen molar-refractivity contribution in [3.8, 4) is 11.5 Å². The van der Waals surface area contributed by atoms with E-state index < -0.39 is 0 Å². The van der Waals surface area contributed by atoms with Crippen molar-refractivity contribution in [2.75, 3.05) is 5.73 Å². The minimum atomic E-state index is -0.311. The van der Waals surface area contributed by atoms with Crippen LogP contribution >= 0.6 is 11.6 Å². The molecule has 6 heteroatoms. The number of hydrogen-bond donors (Lipinski definition) is 2. The fourth-order valence-corrected chi connectivity index (χ4v) is 1.23. The molecule has 0 spiro atoms. The van der Waals surface area contributed by atoms with Crippen molar-refractivity contribution in [2.24, 2.45) is 0 Å². The number of pyridine rings is 1. The molecule has 2 heterocycles. The minimum Gasteiger partial charge on any atom is -0.383 e. The summed E-state index contributed by atoms with van der Waals surface area (Å²) in [6, 6.07) is 4.52. The fraction of sp³-hybridized carbons (Fsp3) is 0. The first-order valence-corrected chi connectivity index (χ1v) is 4.52. The highest BCUT2D eigenvalue weighted by molar-refractivity contribution is 6.30. The lowest BCUT2D eigenvalue weighted by Crippen LogP contribution is -2.10. The molecule has 0 aliphatic carbocycles. The second kappa shape index (κ2) is 3.70. The number of H-pyrrole nitrogens is 1. The molecular weight excluding hydrogens is 216 g/mol. The molecule has 0 saturated heterocycles. The number of anilines is 1. The number of nitrogens with zero attached hydrogens (tertiary/aromatic N) is 2. The van der Waals surface area contributed by atoms with Crippen LogP contribution < -0.4 is 11.3 Å². The third-order valence-corrected chi connectivity index (χ3v) is 1.96. The van der Waals surface area contributed by atoms with Crippen molar-refractivity contribution in [2.45, 2.75) is 0 Å². The Hall–Kier alpha value is -1.88. The number of hydrogen-bond acceptors (Lipinski definition) is 4. The van der Waals surface area contributed by atoms with E-state index in [9.17, 15) is 4.79 Å². The SMILES string of the molecule is Nc1cc(=O)[nH]c(-c2ccc(Cl)cn2)n1. The Morgan fingerprint density at radius 1 is 1.40 bits per heavy atom. The van der Waals surface area contributed by atoms with Gasteiger partial charge in [0.25, 0.3) is 5.56 Å². The zero-order valence-corrected chi connectivity index (χ0v) is 8.32. The first kappa shape index (κ1) is 9.67. The van der Waals surface area contributed by atoms with Gasteiger partial charge >= 0.3 is 0 Å². The number of aromatic amines is 1. The molecule has 0 radical (unpaired) electrons. The predicted molar refractivity (Wildman–Crippen MR) is 57.5 cm³/mol. The molecule has 5 nitrogen and oxygen atoms in total. The fourth-order valence-electron chi connectivity index (χ4n) is 1.11. The molecule has 0 amide bonds. The smallest absolute Gasteiger partial charge is 0.253 e. The zero-order chi connectivity index (χ0) is 10.8. The summed E-state index contributed by atoms with van der Waals surface area (Å²) in [4.78, 5) is 21.6. The van der Waals surface area contributed by atoms with Crippen LogP contribution in [0.2, 0.25) is 5.02 Å². The highest BCUT2D eigenvalue weighted by Gasteiger charge is 2.03. The van der Waals surface area contributed by atoms with Gasteiger partial charge in [0.05, 0.1) is 5.02 Å². The molecule has 0 fully saturated rings. The van der Waals surface area contributed by atoms with Gasteiger partial charge in [0.1, 0.15) is 11.5 Å². The molecule has 76 valence electrons. The molecule has 0 aliphatic heterocycles. The minimum absolute atomic E-state index is 0.158. The summed E-state index contributed by atoms with van der Waals surface area (Å²) >= 11 is 5.68. The van der Waals surface area contributed by atoms with Gasteiger partial charge in [-0.15, -0.1) is 0 Å². The summed E-state index contributed by atoms with van der Waals surface area (Å²) < 4.78 is 0. The van der Waals surface area contributed by atoms with Gasteiger partial charge in [-0.2, -0.15) is 0 Å². The molecule has 0 aromatic carbocycles. The molecule has 15 heavy (non-hydrogen) atoms. The lowest BCUT2D eigenvalue weighted by molar-refractivity contribution is 1.11. The van der Waals surface area contributed by atoms with Crippen molar-refractivity contribution >= 4 is 17.4 Å². The second-order valence-electron chi connectivity index (χ2n) is 2.88. The predicted octanol–water partition coefficient (Wildman–Crippen LogP) is 1.07. The van der Waals surface area contributed by atoms with Crippen LogP contribution in [0.15, 0.2) is 29.2 Å². The standard InChI is InChI=1S/C9H7ClN4O/c10-5-1-2-6(12-4-5)9-13-7(11)3-8(15)14-9/h1-4H,(H3,11,13,14,15). The summed E-state index contributed by atoms with van der Waals surface area (Å²) in [5.74, 6) is 0.488. The quantitative estimate of drug-likeness (QED) is 0.756. The van der Waals surface area contributed by atoms with Gasteiger partial charge in [0.2, 0.25) is 0 Å². The Morgan fingerprint density at radius 3 is 2.80 bits per heavy atom. The highest BCUT2D eigenvalue weighted by Crippen LogP contribution is 2.13. The van der Waals surface area contributed by atoms with Crippen LogP contribution in [-0.2, 0) is 0 Å². The van der Waals surface area contributed by atoms with E-state index in [-0.39, 0.29) is 11.4 Å². The van der Waals surface area contributed by atoms with Gasteiger partial charge in [0, 0.05) is 12.3 Å². The van der Waals surface area contributed by atoms with E-state index in [0.717, 1.165) is 0 Å². The maximum absolute atomic E-state index is 11.1. The van der Waals surface area contributed by atoms with Crippen LogP contribution in [0.3, 0.4) is 0 Å². The van der Waals surface area contributed by atoms with Crippen molar-refractivity contribution in [1.29, 1.82) is 0 Å². The van der Waals surface area contributed by atoms with Gasteiger partial charge in [-0.25, -0.2) is 4.98 Å². The molecule has 3 N–H and O–H groups in total. The number of nitrogens with one attached hydrogen (secondary N) is 1. The summed E-state index contributed by atoms with van der Waals surface area (Å²) in [6.45, 7) is 0. The van der Waals surface area contributed by atoms with Gasteiger partial charge < -0.3 is 10.7 Å². The van der Waals surface area contributed by atoms with Crippen molar-refractivity contribution in [1.82, 2.24) is 15.0 Å². The molecule has 0 saturated carbocycles. The molecular formula is C9H7ClN4O. The number of rotatable bonds is 1. The Bertz CT molecular complexity index is 535. The van der Waals surface area contributed by atoms with E-state index in [0.29, 0.717) is 16.5 Å². The van der Waals surface area contributed by atoms with E-state index in [1.54, 1.807) is 12.1 Å². The van der Waals surface area contributed by atoms with Crippen LogP contribution in [0, 0.1) is 0 Å². The Morgan fingerprint density at radius 2 is 2.20 bits per heavy atom. The van der Waals surface area contributed by atoms with Gasteiger partial charge in [0.15, 0.2) is 5.82 Å². The average Bonchev–Trinajstić information content (AvgIpc) is 2.17. The normalized spacial score (nSPS) is 10.2. The molecule has 2 aromatic rings. The molecule has 0 unspecified atom stereocenters. The van der Waals surface area contributed by atoms with Crippen LogP contribution in [0.25, 0.3) is 11.5 Å². The van der Waals surface area contributed by atoms with Crippen LogP contribution in [0.1, 0.15) is 0 Å². The first-order chi connectivity index (χ1) is 7.15. The van der Waals surface area contributed by atoms with Gasteiger partial charge in [-0.3, -0.25) is 9.78 Å². The Balaban J connectivity index is 2.54. The maximum atomic E-state index is 11.1. The number of aromatic nitrogens is 3. The first-order valence-electron chi connectivity index (χ1n) is 4.14. The van der Waals surface area contributed by atoms with E-state index in [2.05, 4.69) is 15.0 Å². The van der Waals surface area contributed by atoms with E-state index in [1.165, 1.54) is 12.3 Å². The molecule has 0 bridgehead atoms. The van der Waals surface area contributed by atoms with E-state index in [4.69, 9.17) is 17.3 Å². The summed E-state index contributed by atoms with van der Waals surface area (Å²) in [6.07, 6.45) is 1.47. The van der Waals surface area contributed by atoms with E-state index in [1.807, 2.05) is 0 Å². The second-order valence-corrected chi connectivity index (χ2v) is 3.32. The van der Waals surface area contributed by atoms with Crippen LogP contribution in [0.5, 0.6) is 0 Å². The van der Waals surface area contributed by atoms with Gasteiger partial charge in [-0.1, -0.05) is 11.6 Å². The topological polar surface area (TPSA) is 84.7 Å². The monoisotopic (exact) mass is 222 g/mol. The third-order valence-electron chi connectivity index (χ3n) is 1.73. The molecule has 0 aliphatic rings. The average molecular weight is 223 g/mol. The lowest BCUT2D eigenvalue weighted by atomic mass is 10.3. The Labute approximate surface area is 90.0 Å². The maximum Gasteiger partial charge on any atom is 0.253 e. The van der Waals surface area contributed by atoms with E-state index >= 15 is 0 Å². The largest absolute Gasteiger partial charge is 0.383 e. The lowest BCUT2D eigenvalue weighted by Gasteiger charge is -2.00. The summed E-state index contributed by atoms with van der Waals surface area (Å²) in [5.41, 5.74) is 5.65. The van der Waals surface area contributed by atoms with Gasteiger partial charge in [-0.05, 0) is 12.1 Å². The third kappa shape index (κ3) is 2.13. The number of nitrogen functional groups attached to an aromatic ring is 1. The summed E-state index contributed by atoms with van der Waals surface area (Å²) in [5, 5.41) is 0.519. The number of nitrogens with two attached hydrogens (primary N) is 1. The summed E-state index contributed by atoms with van der Waals surface area (Å²) in [7, 11) is 0. The van der Waals surface area contributed by atoms with Crippen molar-refractivity contribution in [3.63, 3.8) is 0 Å². The number of halogens is 1. The van der Waals surface area contributed by atoms with Crippen molar-refractivity contribution < 1.29 is 0 Å². The Kier molecular flexibility index (Phi) is 2.39. The molecule has 2 rings (SSSR count). The van der Waals surface area contributed by atoms with Crippen LogP contribution in [0.4, 0.5) is 5.82 Å². The highest BCUT2D eigenvalue weighted by atomic mass is 35.5. The van der Waals surface area contributed by atoms with Crippen LogP contribution in [-0.4, -0.2) is 15.0 Å². The molecule has 0 atom stereocenters. The van der Waals surface area contributed by atoms with Crippen molar-refractivity contribution in [3.05, 3.63) is 39.8 Å². The zero-order valence-electron chi connectivity index (χ0n) is 7.57.